The van der Waals surface area contributed by atoms with Gasteiger partial charge in [-0.3, -0.25) is 14.4 Å². The van der Waals surface area contributed by atoms with Gasteiger partial charge in [-0.1, -0.05) is 54.3 Å². The summed E-state index contributed by atoms with van der Waals surface area (Å²) < 4.78 is 34.1. The number of carbonyl (C=O) groups excluding carboxylic acids is 1. The standard InChI is InChI=1S/C20H22N4O4S3/c1-4-29-20-23-22-19(30-20)21-18(25)13-24(16-12-14(2)10-11-17(16)28-3)31(26,27)15-8-6-5-7-9-15/h5-12H,4,13H2,1-3H3,(H,21,22,25). The van der Waals surface area contributed by atoms with Crippen molar-refractivity contribution in [2.75, 3.05) is 29.0 Å². The number of hydrogen-bond acceptors (Lipinski definition) is 8. The third-order valence-electron chi connectivity index (χ3n) is 4.14. The normalized spacial score (nSPS) is 11.2. The van der Waals surface area contributed by atoms with Gasteiger partial charge in [0.05, 0.1) is 17.7 Å². The van der Waals surface area contributed by atoms with E-state index < -0.39 is 22.5 Å². The summed E-state index contributed by atoms with van der Waals surface area (Å²) in [7, 11) is -2.58. The number of thioether (sulfide) groups is 1. The van der Waals surface area contributed by atoms with E-state index in [1.807, 2.05) is 19.9 Å². The zero-order valence-electron chi connectivity index (χ0n) is 17.2. The van der Waals surface area contributed by atoms with Gasteiger partial charge in [0.25, 0.3) is 10.0 Å². The number of amides is 1. The van der Waals surface area contributed by atoms with Crippen LogP contribution in [0.2, 0.25) is 0 Å². The van der Waals surface area contributed by atoms with Crippen molar-refractivity contribution in [1.29, 1.82) is 0 Å². The van der Waals surface area contributed by atoms with Crippen LogP contribution in [0.25, 0.3) is 0 Å². The molecular weight excluding hydrogens is 456 g/mol. The fourth-order valence-electron chi connectivity index (χ4n) is 2.75. The highest BCUT2D eigenvalue weighted by molar-refractivity contribution is 8.01. The highest BCUT2D eigenvalue weighted by Gasteiger charge is 2.29. The monoisotopic (exact) mass is 478 g/mol. The van der Waals surface area contributed by atoms with Crippen LogP contribution in [0.1, 0.15) is 12.5 Å². The second-order valence-corrected chi connectivity index (χ2v) is 10.7. The lowest BCUT2D eigenvalue weighted by atomic mass is 10.2. The van der Waals surface area contributed by atoms with Gasteiger partial charge < -0.3 is 4.74 Å². The van der Waals surface area contributed by atoms with Crippen LogP contribution in [0.5, 0.6) is 5.75 Å². The number of nitrogens with one attached hydrogen (secondary N) is 1. The van der Waals surface area contributed by atoms with E-state index in [9.17, 15) is 13.2 Å². The van der Waals surface area contributed by atoms with Crippen molar-refractivity contribution in [3.63, 3.8) is 0 Å². The van der Waals surface area contributed by atoms with Crippen molar-refractivity contribution in [2.24, 2.45) is 0 Å². The van der Waals surface area contributed by atoms with Crippen molar-refractivity contribution in [3.05, 3.63) is 54.1 Å². The van der Waals surface area contributed by atoms with E-state index in [-0.39, 0.29) is 10.6 Å². The molecule has 31 heavy (non-hydrogen) atoms. The number of aromatic nitrogens is 2. The molecule has 0 aliphatic rings. The van der Waals surface area contributed by atoms with Gasteiger partial charge in [0, 0.05) is 0 Å². The van der Waals surface area contributed by atoms with Crippen molar-refractivity contribution < 1.29 is 17.9 Å². The second kappa shape index (κ2) is 10.1. The predicted octanol–water partition coefficient (Wildman–Crippen LogP) is 3.80. The van der Waals surface area contributed by atoms with Crippen LogP contribution in [0.3, 0.4) is 0 Å². The molecule has 1 N–H and O–H groups in total. The Bertz CT molecular complexity index is 1150. The first-order valence-corrected chi connectivity index (χ1v) is 12.6. The first-order chi connectivity index (χ1) is 14.8. The summed E-state index contributed by atoms with van der Waals surface area (Å²) in [5.41, 5.74) is 1.11. The van der Waals surface area contributed by atoms with Crippen LogP contribution < -0.4 is 14.4 Å². The van der Waals surface area contributed by atoms with Crippen molar-refractivity contribution in [3.8, 4) is 5.75 Å². The summed E-state index contributed by atoms with van der Waals surface area (Å²) in [4.78, 5) is 12.9. The SMILES string of the molecule is CCSc1nnc(NC(=O)CN(c2cc(C)ccc2OC)S(=O)(=O)c2ccccc2)s1. The molecule has 1 amide bonds. The Morgan fingerprint density at radius 2 is 1.94 bits per heavy atom. The van der Waals surface area contributed by atoms with Gasteiger partial charge in [-0.2, -0.15) is 0 Å². The van der Waals surface area contributed by atoms with Gasteiger partial charge in [0.15, 0.2) is 4.34 Å². The molecule has 0 unspecified atom stereocenters. The summed E-state index contributed by atoms with van der Waals surface area (Å²) in [6, 6.07) is 13.1. The fourth-order valence-corrected chi connectivity index (χ4v) is 5.86. The minimum absolute atomic E-state index is 0.0731. The van der Waals surface area contributed by atoms with Gasteiger partial charge in [-0.25, -0.2) is 8.42 Å². The molecule has 8 nitrogen and oxygen atoms in total. The molecule has 0 spiro atoms. The molecule has 1 heterocycles. The Kier molecular flexibility index (Phi) is 7.52. The first kappa shape index (κ1) is 23.0. The van der Waals surface area contributed by atoms with Crippen LogP contribution in [0.4, 0.5) is 10.8 Å². The number of ether oxygens (including phenoxy) is 1. The van der Waals surface area contributed by atoms with Crippen molar-refractivity contribution >= 4 is 49.8 Å². The maximum absolute atomic E-state index is 13.5. The average Bonchev–Trinajstić information content (AvgIpc) is 3.19. The number of nitrogens with zero attached hydrogens (tertiary/aromatic N) is 3. The van der Waals surface area contributed by atoms with Crippen LogP contribution in [-0.4, -0.2) is 43.9 Å². The third kappa shape index (κ3) is 5.54. The van der Waals surface area contributed by atoms with Gasteiger partial charge in [-0.15, -0.1) is 10.2 Å². The Morgan fingerprint density at radius 3 is 2.61 bits per heavy atom. The largest absolute Gasteiger partial charge is 0.495 e. The summed E-state index contributed by atoms with van der Waals surface area (Å²) in [6.45, 7) is 3.38. The van der Waals surface area contributed by atoms with Crippen LogP contribution in [0.15, 0.2) is 57.8 Å². The van der Waals surface area contributed by atoms with E-state index in [2.05, 4.69) is 15.5 Å². The van der Waals surface area contributed by atoms with Gasteiger partial charge >= 0.3 is 0 Å². The number of methoxy groups -OCH3 is 1. The Hall–Kier alpha value is -2.63. The highest BCUT2D eigenvalue weighted by atomic mass is 32.2. The maximum atomic E-state index is 13.5. The second-order valence-electron chi connectivity index (χ2n) is 6.35. The molecule has 0 atom stereocenters. The Labute approximate surface area is 189 Å². The number of sulfonamides is 1. The smallest absolute Gasteiger partial charge is 0.264 e. The van der Waals surface area contributed by atoms with Crippen LogP contribution >= 0.6 is 23.1 Å². The maximum Gasteiger partial charge on any atom is 0.264 e. The molecule has 0 fully saturated rings. The number of aryl methyl sites for hydroxylation is 1. The molecule has 164 valence electrons. The Morgan fingerprint density at radius 1 is 1.19 bits per heavy atom. The van der Waals surface area contributed by atoms with E-state index in [1.54, 1.807) is 30.3 Å². The summed E-state index contributed by atoms with van der Waals surface area (Å²) >= 11 is 2.75. The predicted molar refractivity (Wildman–Crippen MR) is 124 cm³/mol. The third-order valence-corrected chi connectivity index (χ3v) is 7.77. The van der Waals surface area contributed by atoms with Crippen LogP contribution in [-0.2, 0) is 14.8 Å². The van der Waals surface area contributed by atoms with Gasteiger partial charge in [-0.05, 0) is 42.5 Å². The van der Waals surface area contributed by atoms with Gasteiger partial charge in [0.2, 0.25) is 11.0 Å². The minimum Gasteiger partial charge on any atom is -0.495 e. The van der Waals surface area contributed by atoms with E-state index in [0.717, 1.165) is 20.0 Å². The van der Waals surface area contributed by atoms with E-state index in [1.165, 1.54) is 42.3 Å². The molecular formula is C20H22N4O4S3. The van der Waals surface area contributed by atoms with Crippen LogP contribution in [0, 0.1) is 6.92 Å². The number of benzene rings is 2. The molecule has 0 aliphatic carbocycles. The molecule has 3 rings (SSSR count). The Balaban J connectivity index is 1.96. The summed E-state index contributed by atoms with van der Waals surface area (Å²) in [5.74, 6) is 0.640. The molecule has 1 aromatic heterocycles. The topological polar surface area (TPSA) is 101 Å². The van der Waals surface area contributed by atoms with E-state index >= 15 is 0 Å². The number of rotatable bonds is 9. The minimum atomic E-state index is -4.04. The zero-order chi connectivity index (χ0) is 22.4. The first-order valence-electron chi connectivity index (χ1n) is 9.33. The van der Waals surface area contributed by atoms with Crippen molar-refractivity contribution in [2.45, 2.75) is 23.1 Å². The van der Waals surface area contributed by atoms with Crippen molar-refractivity contribution in [1.82, 2.24) is 10.2 Å². The molecule has 11 heteroatoms. The lowest BCUT2D eigenvalue weighted by molar-refractivity contribution is -0.114. The molecule has 0 bridgehead atoms. The zero-order valence-corrected chi connectivity index (χ0v) is 19.7. The quantitative estimate of drug-likeness (QED) is 0.369. The van der Waals surface area contributed by atoms with Gasteiger partial charge in [0.1, 0.15) is 12.3 Å². The summed E-state index contributed by atoms with van der Waals surface area (Å²) in [6.07, 6.45) is 0. The molecule has 0 saturated carbocycles. The highest BCUT2D eigenvalue weighted by Crippen LogP contribution is 2.33. The lowest BCUT2D eigenvalue weighted by Crippen LogP contribution is -2.38. The molecule has 0 saturated heterocycles. The molecule has 0 radical (unpaired) electrons. The molecule has 0 aliphatic heterocycles. The number of carbonyl (C=O) groups is 1. The molecule has 2 aromatic carbocycles. The lowest BCUT2D eigenvalue weighted by Gasteiger charge is -2.25. The number of hydrogen-bond donors (Lipinski definition) is 1. The summed E-state index contributed by atoms with van der Waals surface area (Å²) in [5, 5.41) is 10.9. The fraction of sp³-hybridized carbons (Fsp3) is 0.250. The number of anilines is 2. The van der Waals surface area contributed by atoms with E-state index in [4.69, 9.17) is 4.74 Å². The van der Waals surface area contributed by atoms with E-state index in [0.29, 0.717) is 10.9 Å². The average molecular weight is 479 g/mol. The molecule has 3 aromatic rings.